The number of benzene rings is 2. The van der Waals surface area contributed by atoms with Crippen LogP contribution in [0.15, 0.2) is 66.0 Å². The number of thiazole rings is 1. The Labute approximate surface area is 238 Å². The Bertz CT molecular complexity index is 1630. The summed E-state index contributed by atoms with van der Waals surface area (Å²) in [6, 6.07) is 18.4. The second-order valence-corrected chi connectivity index (χ2v) is 11.0. The van der Waals surface area contributed by atoms with Crippen molar-refractivity contribution in [3.63, 3.8) is 0 Å². The average molecular weight is 581 g/mol. The fourth-order valence-electron chi connectivity index (χ4n) is 4.65. The van der Waals surface area contributed by atoms with Gasteiger partial charge in [0.15, 0.2) is 5.13 Å². The highest BCUT2D eigenvalue weighted by atomic mass is 35.5. The van der Waals surface area contributed by atoms with Gasteiger partial charge in [-0.25, -0.2) is 9.97 Å². The molecule has 5 aromatic rings. The summed E-state index contributed by atoms with van der Waals surface area (Å²) in [5, 5.41) is 17.9. The first-order chi connectivity index (χ1) is 18.5. The third kappa shape index (κ3) is 5.71. The molecule has 0 radical (unpaired) electrons. The maximum atomic E-state index is 13.2. The van der Waals surface area contributed by atoms with Gasteiger partial charge in [0.25, 0.3) is 11.6 Å². The van der Waals surface area contributed by atoms with E-state index in [-0.39, 0.29) is 28.9 Å². The molecule has 0 aliphatic carbocycles. The van der Waals surface area contributed by atoms with Crippen molar-refractivity contribution < 1.29 is 9.72 Å². The predicted octanol–water partition coefficient (Wildman–Crippen LogP) is 5.46. The van der Waals surface area contributed by atoms with Gasteiger partial charge in [-0.15, -0.1) is 23.7 Å². The number of pyridine rings is 1. The molecule has 1 amide bonds. The van der Waals surface area contributed by atoms with Gasteiger partial charge in [0.1, 0.15) is 0 Å². The number of nitro benzene ring substituents is 1. The second-order valence-electron chi connectivity index (χ2n) is 9.04. The van der Waals surface area contributed by atoms with Gasteiger partial charge in [-0.2, -0.15) is 0 Å². The molecular weight excluding hydrogens is 556 g/mol. The first-order valence-corrected chi connectivity index (χ1v) is 14.0. The molecule has 12 heteroatoms. The largest absolute Gasteiger partial charge is 0.351 e. The minimum absolute atomic E-state index is 0. The average Bonchev–Trinajstić information content (AvgIpc) is 3.63. The highest BCUT2D eigenvalue weighted by Gasteiger charge is 2.21. The summed E-state index contributed by atoms with van der Waals surface area (Å²) in [7, 11) is 0. The zero-order chi connectivity index (χ0) is 26.1. The van der Waals surface area contributed by atoms with Gasteiger partial charge in [-0.1, -0.05) is 35.6 Å². The number of carbonyl (C=O) groups excluding carboxylic acids is 1. The number of aromatic nitrogens is 2. The van der Waals surface area contributed by atoms with E-state index >= 15 is 0 Å². The van der Waals surface area contributed by atoms with Gasteiger partial charge in [0, 0.05) is 56.8 Å². The minimum atomic E-state index is -0.379. The number of nitrogens with zero attached hydrogens (tertiary/aromatic N) is 5. The van der Waals surface area contributed by atoms with Gasteiger partial charge >= 0.3 is 0 Å². The van der Waals surface area contributed by atoms with E-state index < -0.39 is 0 Å². The molecule has 0 saturated carbocycles. The highest BCUT2D eigenvalue weighted by Crippen LogP contribution is 2.32. The number of nitro groups is 1. The van der Waals surface area contributed by atoms with Crippen LogP contribution in [0.25, 0.3) is 31.7 Å². The van der Waals surface area contributed by atoms with Gasteiger partial charge in [-0.3, -0.25) is 19.8 Å². The van der Waals surface area contributed by atoms with Gasteiger partial charge < -0.3 is 10.2 Å². The SMILES string of the molecule is Cl.O=C(NCCN1CCN(c2nc3ccc([N+](=O)[O-])cc3s2)CC1)c1cc(-c2cccs2)nc2ccccc12. The molecule has 1 aliphatic heterocycles. The molecule has 1 saturated heterocycles. The zero-order valence-electron chi connectivity index (χ0n) is 20.8. The minimum Gasteiger partial charge on any atom is -0.351 e. The van der Waals surface area contributed by atoms with E-state index in [4.69, 9.17) is 4.98 Å². The topological polar surface area (TPSA) is 105 Å². The van der Waals surface area contributed by atoms with Crippen LogP contribution in [0.5, 0.6) is 0 Å². The molecule has 0 atom stereocenters. The van der Waals surface area contributed by atoms with E-state index in [1.807, 2.05) is 47.8 Å². The standard InChI is InChI=1S/C27H24N6O3S2.ClH/c34-26(20-17-23(24-6-3-15-37-24)29-21-5-2-1-4-19(20)21)28-9-10-31-11-13-32(14-12-31)27-30-22-8-7-18(33(35)36)16-25(22)38-27;/h1-8,15-17H,9-14H2,(H,28,34);1H. The quantitative estimate of drug-likeness (QED) is 0.201. The van der Waals surface area contributed by atoms with Crippen molar-refractivity contribution in [2.24, 2.45) is 0 Å². The molecule has 2 aromatic carbocycles. The highest BCUT2D eigenvalue weighted by molar-refractivity contribution is 7.22. The number of thiophene rings is 1. The van der Waals surface area contributed by atoms with Crippen LogP contribution in [0, 0.1) is 10.1 Å². The van der Waals surface area contributed by atoms with E-state index in [1.165, 1.54) is 17.4 Å². The number of hydrogen-bond donors (Lipinski definition) is 1. The number of hydrogen-bond acceptors (Lipinski definition) is 9. The summed E-state index contributed by atoms with van der Waals surface area (Å²) in [5.41, 5.74) is 3.13. The number of carbonyl (C=O) groups is 1. The number of rotatable bonds is 7. The summed E-state index contributed by atoms with van der Waals surface area (Å²) in [6.07, 6.45) is 0. The van der Waals surface area contributed by atoms with Crippen LogP contribution in [0.1, 0.15) is 10.4 Å². The summed E-state index contributed by atoms with van der Waals surface area (Å²) in [4.78, 5) is 38.9. The number of anilines is 1. The lowest BCUT2D eigenvalue weighted by molar-refractivity contribution is -0.384. The number of halogens is 1. The molecule has 0 unspecified atom stereocenters. The van der Waals surface area contributed by atoms with E-state index in [0.717, 1.165) is 69.5 Å². The molecule has 0 spiro atoms. The monoisotopic (exact) mass is 580 g/mol. The van der Waals surface area contributed by atoms with E-state index in [1.54, 1.807) is 23.5 Å². The molecule has 9 nitrogen and oxygen atoms in total. The molecule has 1 aliphatic rings. The molecule has 4 heterocycles. The fourth-order valence-corrected chi connectivity index (χ4v) is 6.39. The maximum absolute atomic E-state index is 13.2. The van der Waals surface area contributed by atoms with Crippen LogP contribution < -0.4 is 10.2 Å². The summed E-state index contributed by atoms with van der Waals surface area (Å²) >= 11 is 3.09. The normalized spacial score (nSPS) is 13.9. The number of fused-ring (bicyclic) bond motifs is 2. The Morgan fingerprint density at radius 2 is 1.82 bits per heavy atom. The molecule has 39 heavy (non-hydrogen) atoms. The van der Waals surface area contributed by atoms with E-state index in [0.29, 0.717) is 12.1 Å². The third-order valence-corrected chi connectivity index (χ3v) is 8.63. The van der Waals surface area contributed by atoms with Crippen LogP contribution in [0.4, 0.5) is 10.8 Å². The van der Waals surface area contributed by atoms with Crippen LogP contribution in [0.3, 0.4) is 0 Å². The van der Waals surface area contributed by atoms with Crippen molar-refractivity contribution in [3.8, 4) is 10.6 Å². The number of piperazine rings is 1. The second kappa shape index (κ2) is 11.6. The number of amides is 1. The van der Waals surface area contributed by atoms with Crippen LogP contribution in [-0.4, -0.2) is 65.0 Å². The van der Waals surface area contributed by atoms with Crippen LogP contribution in [0.2, 0.25) is 0 Å². The molecule has 3 aromatic heterocycles. The fraction of sp³-hybridized carbons (Fsp3) is 0.222. The lowest BCUT2D eigenvalue weighted by atomic mass is 10.1. The van der Waals surface area contributed by atoms with Gasteiger partial charge in [0.2, 0.25) is 0 Å². The van der Waals surface area contributed by atoms with Crippen molar-refractivity contribution in [2.45, 2.75) is 0 Å². The van der Waals surface area contributed by atoms with Crippen molar-refractivity contribution in [1.82, 2.24) is 20.2 Å². The smallest absolute Gasteiger partial charge is 0.270 e. The first-order valence-electron chi connectivity index (χ1n) is 12.3. The van der Waals surface area contributed by atoms with Gasteiger partial charge in [-0.05, 0) is 29.6 Å². The first kappa shape index (κ1) is 26.9. The predicted molar refractivity (Wildman–Crippen MR) is 160 cm³/mol. The molecule has 6 rings (SSSR count). The zero-order valence-corrected chi connectivity index (χ0v) is 23.2. The van der Waals surface area contributed by atoms with Gasteiger partial charge in [0.05, 0.1) is 36.8 Å². The molecule has 1 N–H and O–H groups in total. The summed E-state index contributed by atoms with van der Waals surface area (Å²) in [6.45, 7) is 4.64. The van der Waals surface area contributed by atoms with Crippen molar-refractivity contribution in [1.29, 1.82) is 0 Å². The third-order valence-electron chi connectivity index (χ3n) is 6.66. The van der Waals surface area contributed by atoms with Crippen molar-refractivity contribution >= 4 is 72.9 Å². The lowest BCUT2D eigenvalue weighted by Crippen LogP contribution is -2.48. The summed E-state index contributed by atoms with van der Waals surface area (Å²) in [5.74, 6) is -0.0939. The number of nitrogens with one attached hydrogen (secondary N) is 1. The van der Waals surface area contributed by atoms with Crippen molar-refractivity contribution in [2.75, 3.05) is 44.2 Å². The Morgan fingerprint density at radius 1 is 1.00 bits per heavy atom. The Balaban J connectivity index is 0.00000308. The molecular formula is C27H25ClN6O3S2. The molecule has 0 bridgehead atoms. The number of para-hydroxylation sites is 1. The summed E-state index contributed by atoms with van der Waals surface area (Å²) < 4.78 is 0.824. The Morgan fingerprint density at radius 3 is 2.59 bits per heavy atom. The maximum Gasteiger partial charge on any atom is 0.270 e. The van der Waals surface area contributed by atoms with Crippen LogP contribution in [-0.2, 0) is 0 Å². The van der Waals surface area contributed by atoms with E-state index in [9.17, 15) is 14.9 Å². The lowest BCUT2D eigenvalue weighted by Gasteiger charge is -2.34. The van der Waals surface area contributed by atoms with Crippen LogP contribution >= 0.6 is 35.1 Å². The Hall–Kier alpha value is -3.64. The van der Waals surface area contributed by atoms with Crippen molar-refractivity contribution in [3.05, 3.63) is 81.7 Å². The molecule has 1 fully saturated rings. The Kier molecular flexibility index (Phi) is 8.03. The molecule has 200 valence electrons. The number of non-ortho nitro benzene ring substituents is 1. The van der Waals surface area contributed by atoms with E-state index in [2.05, 4.69) is 20.1 Å².